The van der Waals surface area contributed by atoms with E-state index in [1.54, 1.807) is 0 Å². The highest BCUT2D eigenvalue weighted by Gasteiger charge is 2.18. The van der Waals surface area contributed by atoms with E-state index in [-0.39, 0.29) is 17.8 Å². The van der Waals surface area contributed by atoms with Crippen LogP contribution >= 0.6 is 0 Å². The van der Waals surface area contributed by atoms with E-state index in [2.05, 4.69) is 0 Å². The molecule has 3 nitrogen and oxygen atoms in total. The third kappa shape index (κ3) is 3.18. The maximum atomic E-state index is 13.3. The smallest absolute Gasteiger partial charge is 0.489 e. The summed E-state index contributed by atoms with van der Waals surface area (Å²) in [6, 6.07) is 9.53. The fourth-order valence-corrected chi connectivity index (χ4v) is 2.07. The van der Waals surface area contributed by atoms with Gasteiger partial charge in [0.25, 0.3) is 0 Å². The number of halogens is 1. The zero-order valence-electron chi connectivity index (χ0n) is 11.4. The van der Waals surface area contributed by atoms with Crippen molar-refractivity contribution in [1.82, 2.24) is 0 Å². The molecule has 0 saturated heterocycles. The zero-order chi connectivity index (χ0) is 14.7. The lowest BCUT2D eigenvalue weighted by Gasteiger charge is -2.14. The summed E-state index contributed by atoms with van der Waals surface area (Å²) in [4.78, 5) is 0. The molecule has 0 heterocycles. The van der Waals surface area contributed by atoms with Crippen LogP contribution in [0.15, 0.2) is 36.4 Å². The summed E-state index contributed by atoms with van der Waals surface area (Å²) in [5, 5.41) is 18.5. The van der Waals surface area contributed by atoms with Crippen molar-refractivity contribution in [2.75, 3.05) is 0 Å². The van der Waals surface area contributed by atoms with Gasteiger partial charge in [-0.05, 0) is 36.6 Å². The average molecular weight is 274 g/mol. The van der Waals surface area contributed by atoms with Crippen LogP contribution in [-0.4, -0.2) is 17.2 Å². The van der Waals surface area contributed by atoms with Gasteiger partial charge in [0.1, 0.15) is 18.2 Å². The Bertz CT molecular complexity index is 594. The number of ether oxygens (including phenoxy) is 1. The van der Waals surface area contributed by atoms with E-state index in [4.69, 9.17) is 4.74 Å². The van der Waals surface area contributed by atoms with Crippen LogP contribution in [0, 0.1) is 19.7 Å². The molecule has 0 aliphatic heterocycles. The lowest BCUT2D eigenvalue weighted by atomic mass is 9.79. The van der Waals surface area contributed by atoms with Crippen molar-refractivity contribution in [3.8, 4) is 5.75 Å². The van der Waals surface area contributed by atoms with Crippen LogP contribution in [0.1, 0.15) is 16.7 Å². The molecule has 0 bridgehead atoms. The number of hydrogen-bond acceptors (Lipinski definition) is 3. The van der Waals surface area contributed by atoms with Gasteiger partial charge in [-0.1, -0.05) is 24.3 Å². The molecule has 104 valence electrons. The summed E-state index contributed by atoms with van der Waals surface area (Å²) in [7, 11) is -1.69. The molecule has 0 fully saturated rings. The topological polar surface area (TPSA) is 49.7 Å². The highest BCUT2D eigenvalue weighted by atomic mass is 19.1. The number of benzene rings is 2. The van der Waals surface area contributed by atoms with Crippen LogP contribution in [0.3, 0.4) is 0 Å². The molecular formula is C15H16BFO3. The van der Waals surface area contributed by atoms with Crippen molar-refractivity contribution in [2.24, 2.45) is 0 Å². The van der Waals surface area contributed by atoms with Gasteiger partial charge < -0.3 is 14.8 Å². The van der Waals surface area contributed by atoms with Crippen LogP contribution in [0.5, 0.6) is 5.75 Å². The van der Waals surface area contributed by atoms with Gasteiger partial charge in [-0.3, -0.25) is 0 Å². The van der Waals surface area contributed by atoms with Gasteiger partial charge >= 0.3 is 7.12 Å². The number of hydrogen-bond donors (Lipinski definition) is 2. The highest BCUT2D eigenvalue weighted by Crippen LogP contribution is 2.17. The Kier molecular flexibility index (Phi) is 4.42. The minimum absolute atomic E-state index is 0.141. The summed E-state index contributed by atoms with van der Waals surface area (Å²) < 4.78 is 18.8. The normalized spacial score (nSPS) is 10.4. The molecule has 2 N–H and O–H groups in total. The molecule has 0 amide bonds. The van der Waals surface area contributed by atoms with E-state index in [0.717, 1.165) is 22.8 Å². The van der Waals surface area contributed by atoms with E-state index in [1.807, 2.05) is 32.0 Å². The Labute approximate surface area is 117 Å². The van der Waals surface area contributed by atoms with Crippen LogP contribution in [-0.2, 0) is 6.61 Å². The third-order valence-electron chi connectivity index (χ3n) is 3.27. The molecule has 0 saturated carbocycles. The van der Waals surface area contributed by atoms with Crippen LogP contribution in [0.2, 0.25) is 0 Å². The molecular weight excluding hydrogens is 258 g/mol. The van der Waals surface area contributed by atoms with Crippen LogP contribution in [0.4, 0.5) is 4.39 Å². The fourth-order valence-electron chi connectivity index (χ4n) is 2.07. The Morgan fingerprint density at radius 2 is 1.75 bits per heavy atom. The van der Waals surface area contributed by atoms with Gasteiger partial charge in [0.2, 0.25) is 0 Å². The first-order valence-electron chi connectivity index (χ1n) is 6.32. The molecule has 0 unspecified atom stereocenters. The third-order valence-corrected chi connectivity index (χ3v) is 3.27. The molecule has 2 rings (SSSR count). The second-order valence-corrected chi connectivity index (χ2v) is 4.71. The first-order valence-corrected chi connectivity index (χ1v) is 6.32. The summed E-state index contributed by atoms with van der Waals surface area (Å²) in [6.07, 6.45) is 0. The van der Waals surface area contributed by atoms with Gasteiger partial charge in [0.15, 0.2) is 0 Å². The van der Waals surface area contributed by atoms with Gasteiger partial charge in [-0.25, -0.2) is 4.39 Å². The van der Waals surface area contributed by atoms with Gasteiger partial charge in [-0.2, -0.15) is 0 Å². The largest absolute Gasteiger partial charge is 0.492 e. The first kappa shape index (κ1) is 14.6. The second kappa shape index (κ2) is 6.07. The SMILES string of the molecule is Cc1cccc(C)c1COc1cc(F)ccc1B(O)O. The van der Waals surface area contributed by atoms with E-state index in [0.29, 0.717) is 0 Å². The Morgan fingerprint density at radius 3 is 2.35 bits per heavy atom. The molecule has 20 heavy (non-hydrogen) atoms. The van der Waals surface area contributed by atoms with Crippen molar-refractivity contribution in [1.29, 1.82) is 0 Å². The first-order chi connectivity index (χ1) is 9.49. The quantitative estimate of drug-likeness (QED) is 0.834. The molecule has 0 aliphatic rings. The minimum atomic E-state index is -1.69. The summed E-state index contributed by atoms with van der Waals surface area (Å²) in [5.74, 6) is -0.339. The maximum absolute atomic E-state index is 13.3. The summed E-state index contributed by atoms with van der Waals surface area (Å²) in [6.45, 7) is 4.19. The molecule has 5 heteroatoms. The van der Waals surface area contributed by atoms with Gasteiger partial charge in [-0.15, -0.1) is 0 Å². The van der Waals surface area contributed by atoms with Crippen molar-refractivity contribution < 1.29 is 19.2 Å². The molecule has 2 aromatic rings. The highest BCUT2D eigenvalue weighted by molar-refractivity contribution is 6.59. The van der Waals surface area contributed by atoms with Crippen LogP contribution < -0.4 is 10.2 Å². The second-order valence-electron chi connectivity index (χ2n) is 4.71. The molecule has 0 atom stereocenters. The lowest BCUT2D eigenvalue weighted by Crippen LogP contribution is -2.31. The monoisotopic (exact) mass is 274 g/mol. The zero-order valence-corrected chi connectivity index (χ0v) is 11.4. The van der Waals surface area contributed by atoms with E-state index in [9.17, 15) is 14.4 Å². The lowest BCUT2D eigenvalue weighted by molar-refractivity contribution is 0.303. The Balaban J connectivity index is 2.25. The molecule has 0 aromatic heterocycles. The molecule has 0 aliphatic carbocycles. The van der Waals surface area contributed by atoms with Crippen molar-refractivity contribution in [3.63, 3.8) is 0 Å². The van der Waals surface area contributed by atoms with Crippen LogP contribution in [0.25, 0.3) is 0 Å². The van der Waals surface area contributed by atoms with Gasteiger partial charge in [0.05, 0.1) is 0 Å². The van der Waals surface area contributed by atoms with Crippen molar-refractivity contribution >= 4 is 12.6 Å². The molecule has 0 radical (unpaired) electrons. The maximum Gasteiger partial charge on any atom is 0.492 e. The van der Waals surface area contributed by atoms with E-state index >= 15 is 0 Å². The Morgan fingerprint density at radius 1 is 1.10 bits per heavy atom. The standard InChI is InChI=1S/C15H16BFO3/c1-10-4-3-5-11(2)13(10)9-20-15-8-12(17)6-7-14(15)16(18)19/h3-8,18-19H,9H2,1-2H3. The minimum Gasteiger partial charge on any atom is -0.489 e. The predicted molar refractivity (Wildman–Crippen MR) is 76.5 cm³/mol. The number of rotatable bonds is 4. The molecule has 2 aromatic carbocycles. The fraction of sp³-hybridized carbons (Fsp3) is 0.200. The summed E-state index contributed by atoms with van der Waals surface area (Å²) >= 11 is 0. The predicted octanol–water partition coefficient (Wildman–Crippen LogP) is 1.70. The molecule has 0 spiro atoms. The average Bonchev–Trinajstić information content (AvgIpc) is 2.37. The van der Waals surface area contributed by atoms with Crippen molar-refractivity contribution in [3.05, 3.63) is 58.9 Å². The Hall–Kier alpha value is -1.85. The van der Waals surface area contributed by atoms with Crippen molar-refractivity contribution in [2.45, 2.75) is 20.5 Å². The van der Waals surface area contributed by atoms with E-state index < -0.39 is 12.9 Å². The van der Waals surface area contributed by atoms with Gasteiger partial charge in [0, 0.05) is 11.5 Å². The van der Waals surface area contributed by atoms with E-state index in [1.165, 1.54) is 12.1 Å². The number of aryl methyl sites for hydroxylation is 2. The summed E-state index contributed by atoms with van der Waals surface area (Å²) in [5.41, 5.74) is 3.31.